The summed E-state index contributed by atoms with van der Waals surface area (Å²) in [4.78, 5) is 23.4. The highest BCUT2D eigenvalue weighted by atomic mass is 32.1. The second-order valence-corrected chi connectivity index (χ2v) is 8.68. The van der Waals surface area contributed by atoms with Crippen LogP contribution in [0.3, 0.4) is 0 Å². The number of rotatable bonds is 5. The molecule has 0 bridgehead atoms. The van der Waals surface area contributed by atoms with Gasteiger partial charge in [-0.15, -0.1) is 11.3 Å². The molecule has 0 unspecified atom stereocenters. The summed E-state index contributed by atoms with van der Waals surface area (Å²) in [5.74, 6) is 2.05. The number of fused-ring (bicyclic) bond motifs is 1. The van der Waals surface area contributed by atoms with Crippen molar-refractivity contribution in [3.63, 3.8) is 0 Å². The molecule has 3 atom stereocenters. The van der Waals surface area contributed by atoms with E-state index in [1.54, 1.807) is 11.3 Å². The molecule has 0 radical (unpaired) electrons. The number of benzene rings is 1. The molecule has 0 saturated heterocycles. The smallest absolute Gasteiger partial charge is 0.224 e. The molecule has 5 rings (SSSR count). The minimum Gasteiger partial charge on any atom is -0.348 e. The standard InChI is InChI=1S/C20H21N3OS/c1-11-6-9-17(25-11)18(12-7-8-12)23-20(24)14-10-13(14)19-21-15-4-2-3-5-16(15)22-19/h2-6,9,12-14,18H,7-8,10H2,1H3,(H,21,22)(H,23,24)/t13-,14-,18+/m0/s1. The van der Waals surface area contributed by atoms with Crippen LogP contribution in [0.2, 0.25) is 0 Å². The molecule has 2 saturated carbocycles. The van der Waals surface area contributed by atoms with Gasteiger partial charge >= 0.3 is 0 Å². The molecule has 3 aromatic rings. The summed E-state index contributed by atoms with van der Waals surface area (Å²) in [6.07, 6.45) is 3.34. The van der Waals surface area contributed by atoms with Gasteiger partial charge in [0.1, 0.15) is 5.82 Å². The Labute approximate surface area is 150 Å². The zero-order chi connectivity index (χ0) is 17.0. The zero-order valence-corrected chi connectivity index (χ0v) is 15.0. The lowest BCUT2D eigenvalue weighted by Crippen LogP contribution is -2.31. The summed E-state index contributed by atoms with van der Waals surface area (Å²) < 4.78 is 0. The number of aromatic nitrogens is 2. The van der Waals surface area contributed by atoms with Crippen molar-refractivity contribution in [2.45, 2.75) is 38.1 Å². The number of amides is 1. The van der Waals surface area contributed by atoms with Crippen molar-refractivity contribution >= 4 is 28.3 Å². The summed E-state index contributed by atoms with van der Waals surface area (Å²) in [5.41, 5.74) is 2.03. The van der Waals surface area contributed by atoms with Gasteiger partial charge in [-0.2, -0.15) is 0 Å². The second-order valence-electron chi connectivity index (χ2n) is 7.36. The molecule has 0 aliphatic heterocycles. The molecule has 1 amide bonds. The second kappa shape index (κ2) is 5.70. The molecule has 128 valence electrons. The van der Waals surface area contributed by atoms with Gasteiger partial charge in [-0.25, -0.2) is 4.98 Å². The molecule has 25 heavy (non-hydrogen) atoms. The lowest BCUT2D eigenvalue weighted by Gasteiger charge is -2.17. The van der Waals surface area contributed by atoms with Gasteiger partial charge in [0.05, 0.1) is 17.1 Å². The minimum absolute atomic E-state index is 0.0582. The molecule has 2 aliphatic carbocycles. The number of carbonyl (C=O) groups excluding carboxylic acids is 1. The molecule has 4 nitrogen and oxygen atoms in total. The van der Waals surface area contributed by atoms with E-state index in [9.17, 15) is 4.79 Å². The normalized spacial score (nSPS) is 23.6. The number of hydrogen-bond donors (Lipinski definition) is 2. The monoisotopic (exact) mass is 351 g/mol. The number of imidazole rings is 1. The van der Waals surface area contributed by atoms with Gasteiger partial charge in [-0.05, 0) is 56.4 Å². The molecule has 2 aliphatic rings. The molecule has 2 heterocycles. The van der Waals surface area contributed by atoms with Crippen molar-refractivity contribution in [1.29, 1.82) is 0 Å². The summed E-state index contributed by atoms with van der Waals surface area (Å²) in [5, 5.41) is 3.33. The number of aryl methyl sites for hydroxylation is 1. The first-order valence-electron chi connectivity index (χ1n) is 9.00. The Kier molecular flexibility index (Phi) is 3.45. The number of nitrogens with zero attached hydrogens (tertiary/aromatic N) is 1. The summed E-state index contributed by atoms with van der Waals surface area (Å²) >= 11 is 1.81. The highest BCUT2D eigenvalue weighted by molar-refractivity contribution is 7.12. The van der Waals surface area contributed by atoms with Crippen molar-refractivity contribution in [2.75, 3.05) is 0 Å². The van der Waals surface area contributed by atoms with Crippen LogP contribution in [0, 0.1) is 18.8 Å². The highest BCUT2D eigenvalue weighted by Gasteiger charge is 2.47. The van der Waals surface area contributed by atoms with Gasteiger partial charge in [0.25, 0.3) is 0 Å². The zero-order valence-electron chi connectivity index (χ0n) is 14.2. The number of H-pyrrole nitrogens is 1. The average molecular weight is 351 g/mol. The number of thiophene rings is 1. The molecule has 1 aromatic carbocycles. The summed E-state index contributed by atoms with van der Waals surface area (Å²) in [6.45, 7) is 2.12. The summed E-state index contributed by atoms with van der Waals surface area (Å²) in [6, 6.07) is 12.6. The van der Waals surface area contributed by atoms with E-state index < -0.39 is 0 Å². The van der Waals surface area contributed by atoms with Crippen LogP contribution < -0.4 is 5.32 Å². The van der Waals surface area contributed by atoms with E-state index in [4.69, 9.17) is 0 Å². The quantitative estimate of drug-likeness (QED) is 0.720. The topological polar surface area (TPSA) is 57.8 Å². The van der Waals surface area contributed by atoms with E-state index in [0.717, 1.165) is 23.3 Å². The van der Waals surface area contributed by atoms with Crippen LogP contribution >= 0.6 is 11.3 Å². The predicted molar refractivity (Wildman–Crippen MR) is 99.6 cm³/mol. The minimum atomic E-state index is 0.0582. The van der Waals surface area contributed by atoms with E-state index >= 15 is 0 Å². The maximum absolute atomic E-state index is 12.8. The summed E-state index contributed by atoms with van der Waals surface area (Å²) in [7, 11) is 0. The molecule has 2 fully saturated rings. The van der Waals surface area contributed by atoms with Crippen LogP contribution in [0.4, 0.5) is 0 Å². The SMILES string of the molecule is Cc1ccc([C@H](NC(=O)[C@H]2C[C@@H]2c2nc3ccccc3[nH]2)C2CC2)s1. The van der Waals surface area contributed by atoms with Gasteiger partial charge < -0.3 is 10.3 Å². The Morgan fingerprint density at radius 2 is 2.12 bits per heavy atom. The van der Waals surface area contributed by atoms with Crippen LogP contribution in [0.15, 0.2) is 36.4 Å². The van der Waals surface area contributed by atoms with Crippen molar-refractivity contribution in [1.82, 2.24) is 15.3 Å². The van der Waals surface area contributed by atoms with Gasteiger partial charge in [-0.3, -0.25) is 4.79 Å². The van der Waals surface area contributed by atoms with E-state index in [0.29, 0.717) is 5.92 Å². The number of para-hydroxylation sites is 2. The van der Waals surface area contributed by atoms with Crippen LogP contribution in [-0.4, -0.2) is 15.9 Å². The number of carbonyl (C=O) groups is 1. The first-order valence-corrected chi connectivity index (χ1v) is 9.82. The average Bonchev–Trinajstić information content (AvgIpc) is 3.52. The van der Waals surface area contributed by atoms with Crippen LogP contribution in [0.25, 0.3) is 11.0 Å². The fourth-order valence-corrected chi connectivity index (χ4v) is 4.69. The third kappa shape index (κ3) is 2.86. The van der Waals surface area contributed by atoms with E-state index in [1.807, 2.05) is 24.3 Å². The fourth-order valence-electron chi connectivity index (χ4n) is 3.67. The third-order valence-corrected chi connectivity index (χ3v) is 6.43. The Morgan fingerprint density at radius 1 is 1.28 bits per heavy atom. The largest absolute Gasteiger partial charge is 0.348 e. The van der Waals surface area contributed by atoms with Gasteiger partial charge in [0.2, 0.25) is 5.91 Å². The maximum atomic E-state index is 12.8. The molecule has 5 heteroatoms. The van der Waals surface area contributed by atoms with Crippen molar-refractivity contribution in [3.8, 4) is 0 Å². The van der Waals surface area contributed by atoms with E-state index in [2.05, 4.69) is 34.3 Å². The fraction of sp³-hybridized carbons (Fsp3) is 0.400. The predicted octanol–water partition coefficient (Wildman–Crippen LogP) is 4.30. The Hall–Kier alpha value is -2.14. The van der Waals surface area contributed by atoms with Crippen LogP contribution in [0.5, 0.6) is 0 Å². The van der Waals surface area contributed by atoms with Crippen LogP contribution in [-0.2, 0) is 4.79 Å². The Morgan fingerprint density at radius 3 is 2.84 bits per heavy atom. The van der Waals surface area contributed by atoms with Gasteiger partial charge in [-0.1, -0.05) is 12.1 Å². The number of hydrogen-bond acceptors (Lipinski definition) is 3. The molecular formula is C20H21N3OS. The molecule has 0 spiro atoms. The van der Waals surface area contributed by atoms with E-state index in [1.165, 1.54) is 22.6 Å². The van der Waals surface area contributed by atoms with E-state index in [-0.39, 0.29) is 23.8 Å². The van der Waals surface area contributed by atoms with Crippen LogP contribution in [0.1, 0.15) is 46.8 Å². The first kappa shape index (κ1) is 15.1. The highest BCUT2D eigenvalue weighted by Crippen LogP contribution is 2.48. The maximum Gasteiger partial charge on any atom is 0.224 e. The lowest BCUT2D eigenvalue weighted by atomic mass is 10.1. The molecule has 2 N–H and O–H groups in total. The molecular weight excluding hydrogens is 330 g/mol. The van der Waals surface area contributed by atoms with Gasteiger partial charge in [0, 0.05) is 21.6 Å². The van der Waals surface area contributed by atoms with Crippen molar-refractivity contribution in [3.05, 3.63) is 52.0 Å². The third-order valence-electron chi connectivity index (χ3n) is 5.34. The Balaban J connectivity index is 1.30. The number of aromatic amines is 1. The van der Waals surface area contributed by atoms with Gasteiger partial charge in [0.15, 0.2) is 0 Å². The lowest BCUT2D eigenvalue weighted by molar-refractivity contribution is -0.123. The molecule has 2 aromatic heterocycles. The Bertz CT molecular complexity index is 906. The first-order chi connectivity index (χ1) is 12.2. The van der Waals surface area contributed by atoms with Crippen molar-refractivity contribution in [2.24, 2.45) is 11.8 Å². The van der Waals surface area contributed by atoms with Crippen molar-refractivity contribution < 1.29 is 4.79 Å². The number of nitrogens with one attached hydrogen (secondary N) is 2.